The molecule has 0 aliphatic rings. The summed E-state index contributed by atoms with van der Waals surface area (Å²) in [6.07, 6.45) is -4.62. The highest BCUT2D eigenvalue weighted by Crippen LogP contribution is 2.35. The smallest absolute Gasteiger partial charge is 0.416 e. The van der Waals surface area contributed by atoms with Gasteiger partial charge in [0.15, 0.2) is 0 Å². The van der Waals surface area contributed by atoms with Crippen LogP contribution in [-0.4, -0.2) is 13.3 Å². The second-order valence-electron chi connectivity index (χ2n) is 4.37. The highest BCUT2D eigenvalue weighted by molar-refractivity contribution is 7.94. The third kappa shape index (κ3) is 3.97. The van der Waals surface area contributed by atoms with Crippen molar-refractivity contribution in [2.45, 2.75) is 11.1 Å². The molecule has 6 nitrogen and oxygen atoms in total. The first-order chi connectivity index (χ1) is 10.6. The van der Waals surface area contributed by atoms with Crippen molar-refractivity contribution < 1.29 is 26.5 Å². The van der Waals surface area contributed by atoms with Crippen LogP contribution in [0, 0.1) is 10.1 Å². The maximum absolute atomic E-state index is 12.6. The molecule has 122 valence electrons. The Morgan fingerprint density at radius 2 is 1.65 bits per heavy atom. The molecule has 0 N–H and O–H groups in total. The molecule has 0 unspecified atom stereocenters. The van der Waals surface area contributed by atoms with Crippen molar-refractivity contribution >= 4 is 21.4 Å². The van der Waals surface area contributed by atoms with Gasteiger partial charge < -0.3 is 4.72 Å². The summed E-state index contributed by atoms with van der Waals surface area (Å²) in [4.78, 5) is 9.44. The van der Waals surface area contributed by atoms with Crippen molar-refractivity contribution in [1.29, 1.82) is 0 Å². The Balaban J connectivity index is 2.29. The van der Waals surface area contributed by atoms with E-state index in [0.717, 1.165) is 42.5 Å². The lowest BCUT2D eigenvalue weighted by atomic mass is 10.2. The molecule has 0 saturated carbocycles. The van der Waals surface area contributed by atoms with Crippen molar-refractivity contribution in [1.82, 2.24) is 0 Å². The largest absolute Gasteiger partial charge is 0.573 e. The van der Waals surface area contributed by atoms with Crippen LogP contribution in [0.25, 0.3) is 4.72 Å². The molecule has 0 spiro atoms. The van der Waals surface area contributed by atoms with Gasteiger partial charge in [0.25, 0.3) is 5.69 Å². The number of nitro benzene ring substituents is 1. The van der Waals surface area contributed by atoms with Crippen LogP contribution in [0.2, 0.25) is 0 Å². The van der Waals surface area contributed by atoms with E-state index in [-0.39, 0.29) is 10.6 Å². The maximum Gasteiger partial charge on any atom is 0.416 e. The van der Waals surface area contributed by atoms with Gasteiger partial charge in [-0.2, -0.15) is 13.2 Å². The zero-order chi connectivity index (χ0) is 17.3. The molecule has 0 atom stereocenters. The molecular formula is C13H8F3N2O4S-. The minimum atomic E-state index is -4.62. The van der Waals surface area contributed by atoms with Gasteiger partial charge in [-0.05, 0) is 12.1 Å². The number of non-ortho nitro benzene ring substituents is 1. The lowest BCUT2D eigenvalue weighted by Crippen LogP contribution is -2.04. The second-order valence-corrected chi connectivity index (χ2v) is 5.97. The van der Waals surface area contributed by atoms with E-state index < -0.39 is 32.4 Å². The first kappa shape index (κ1) is 16.7. The molecule has 0 aliphatic carbocycles. The van der Waals surface area contributed by atoms with E-state index >= 15 is 0 Å². The van der Waals surface area contributed by atoms with Crippen LogP contribution in [0.5, 0.6) is 0 Å². The fourth-order valence-electron chi connectivity index (χ4n) is 1.67. The predicted molar refractivity (Wildman–Crippen MR) is 74.7 cm³/mol. The van der Waals surface area contributed by atoms with Gasteiger partial charge >= 0.3 is 6.18 Å². The van der Waals surface area contributed by atoms with E-state index in [4.69, 9.17) is 0 Å². The van der Waals surface area contributed by atoms with Crippen LogP contribution < -0.4 is 0 Å². The molecule has 2 aromatic carbocycles. The molecule has 0 fully saturated rings. The SMILES string of the molecule is O=[N+]([O-])c1ccc(S(=O)(=O)[N-]c2cccc(C(F)(F)F)c2)cc1. The van der Waals surface area contributed by atoms with E-state index in [9.17, 15) is 31.7 Å². The Kier molecular flexibility index (Phi) is 4.28. The Morgan fingerprint density at radius 1 is 1.04 bits per heavy atom. The number of alkyl halides is 3. The number of hydrogen-bond donors (Lipinski definition) is 0. The van der Waals surface area contributed by atoms with Crippen LogP contribution >= 0.6 is 0 Å². The molecule has 0 heterocycles. The molecule has 0 bridgehead atoms. The molecule has 2 rings (SSSR count). The van der Waals surface area contributed by atoms with Gasteiger partial charge in [0.2, 0.25) is 0 Å². The first-order valence-electron chi connectivity index (χ1n) is 5.99. The summed E-state index contributed by atoms with van der Waals surface area (Å²) in [5.74, 6) is 0. The highest BCUT2D eigenvalue weighted by Gasteiger charge is 2.29. The zero-order valence-corrected chi connectivity index (χ0v) is 12.0. The Labute approximate surface area is 128 Å². The molecular weight excluding hydrogens is 337 g/mol. The Hall–Kier alpha value is -2.62. The van der Waals surface area contributed by atoms with Crippen molar-refractivity contribution in [3.63, 3.8) is 0 Å². The summed E-state index contributed by atoms with van der Waals surface area (Å²) in [6, 6.07) is 7.39. The third-order valence-corrected chi connectivity index (χ3v) is 4.06. The standard InChI is InChI=1S/C13H8F3N2O4S/c14-13(15,16)9-2-1-3-10(8-9)17-23(21,22)12-6-4-11(5-7-12)18(19)20/h1-8H/q-1. The molecule has 0 radical (unpaired) electrons. The normalized spacial score (nSPS) is 12.0. The van der Waals surface area contributed by atoms with Crippen LogP contribution in [0.3, 0.4) is 0 Å². The minimum absolute atomic E-state index is 0.317. The average Bonchev–Trinajstić information content (AvgIpc) is 2.46. The molecule has 23 heavy (non-hydrogen) atoms. The summed E-state index contributed by atoms with van der Waals surface area (Å²) in [5, 5.41) is 10.5. The summed E-state index contributed by atoms with van der Waals surface area (Å²) in [6.45, 7) is 0. The average molecular weight is 345 g/mol. The lowest BCUT2D eigenvalue weighted by Gasteiger charge is -2.22. The summed E-state index contributed by atoms with van der Waals surface area (Å²) in [7, 11) is -4.28. The molecule has 10 heteroatoms. The van der Waals surface area contributed by atoms with Gasteiger partial charge in [-0.15, -0.1) is 5.69 Å². The molecule has 2 aromatic rings. The van der Waals surface area contributed by atoms with E-state index in [1.54, 1.807) is 0 Å². The van der Waals surface area contributed by atoms with Gasteiger partial charge in [-0.25, -0.2) is 8.42 Å². The number of sulfonamides is 1. The lowest BCUT2D eigenvalue weighted by molar-refractivity contribution is -0.384. The minimum Gasteiger partial charge on any atom is -0.573 e. The summed E-state index contributed by atoms with van der Waals surface area (Å²) >= 11 is 0. The van der Waals surface area contributed by atoms with Gasteiger partial charge in [0, 0.05) is 12.1 Å². The number of nitro groups is 1. The maximum atomic E-state index is 12.6. The quantitative estimate of drug-likeness (QED) is 0.618. The molecule has 0 saturated heterocycles. The van der Waals surface area contributed by atoms with E-state index in [1.807, 2.05) is 0 Å². The predicted octanol–water partition coefficient (Wildman–Crippen LogP) is 4.01. The summed E-state index contributed by atoms with van der Waals surface area (Å²) in [5.41, 5.74) is -1.74. The van der Waals surface area contributed by atoms with Gasteiger partial charge in [-0.3, -0.25) is 10.1 Å². The monoisotopic (exact) mass is 345 g/mol. The fourth-order valence-corrected chi connectivity index (χ4v) is 2.65. The topological polar surface area (TPSA) is 91.4 Å². The number of benzene rings is 2. The van der Waals surface area contributed by atoms with Gasteiger partial charge in [0.1, 0.15) is 10.0 Å². The number of nitrogens with zero attached hydrogens (tertiary/aromatic N) is 2. The van der Waals surface area contributed by atoms with Gasteiger partial charge in [-0.1, -0.05) is 24.3 Å². The Bertz CT molecular complexity index is 833. The number of hydrogen-bond acceptors (Lipinski definition) is 4. The van der Waals surface area contributed by atoms with Crippen LogP contribution in [0.4, 0.5) is 24.5 Å². The zero-order valence-electron chi connectivity index (χ0n) is 11.2. The fraction of sp³-hybridized carbons (Fsp3) is 0.0769. The third-order valence-electron chi connectivity index (χ3n) is 2.74. The van der Waals surface area contributed by atoms with Crippen LogP contribution in [0.15, 0.2) is 53.4 Å². The van der Waals surface area contributed by atoms with Crippen molar-refractivity contribution in [2.75, 3.05) is 0 Å². The molecule has 0 aliphatic heterocycles. The first-order valence-corrected chi connectivity index (χ1v) is 7.43. The van der Waals surface area contributed by atoms with Crippen molar-refractivity contribution in [3.8, 4) is 0 Å². The second kappa shape index (κ2) is 5.88. The van der Waals surface area contributed by atoms with E-state index in [2.05, 4.69) is 4.72 Å². The molecule has 0 aromatic heterocycles. The summed E-state index contributed by atoms with van der Waals surface area (Å²) < 4.78 is 65.1. The van der Waals surface area contributed by atoms with Crippen molar-refractivity contribution in [3.05, 3.63) is 68.9 Å². The number of halogens is 3. The highest BCUT2D eigenvalue weighted by atomic mass is 32.2. The van der Waals surface area contributed by atoms with E-state index in [0.29, 0.717) is 6.07 Å². The van der Waals surface area contributed by atoms with E-state index in [1.165, 1.54) is 0 Å². The van der Waals surface area contributed by atoms with Crippen LogP contribution in [-0.2, 0) is 16.2 Å². The van der Waals surface area contributed by atoms with Gasteiger partial charge in [0.05, 0.1) is 15.4 Å². The number of rotatable bonds is 4. The van der Waals surface area contributed by atoms with Crippen molar-refractivity contribution in [2.24, 2.45) is 0 Å². The van der Waals surface area contributed by atoms with Crippen LogP contribution in [0.1, 0.15) is 5.56 Å². The molecule has 0 amide bonds. The Morgan fingerprint density at radius 3 is 2.17 bits per heavy atom.